The van der Waals surface area contributed by atoms with Crippen LogP contribution in [0.25, 0.3) is 16.7 Å². The number of Topliss-reactive ketones (excluding diaryl/α,β-unsaturated/α-hetero) is 1. The van der Waals surface area contributed by atoms with Gasteiger partial charge in [0, 0.05) is 29.8 Å². The molecule has 154 valence electrons. The lowest BCUT2D eigenvalue weighted by molar-refractivity contribution is -0.153. The molecule has 0 spiro atoms. The number of halogens is 3. The number of carbonyl (C=O) groups excluding carboxylic acids is 1. The molecular formula is C21H17F3N4O2. The smallest absolute Gasteiger partial charge is 0.422 e. The number of hydrogen-bond donors (Lipinski definition) is 1. The Bertz CT molecular complexity index is 1200. The molecule has 6 nitrogen and oxygen atoms in total. The second kappa shape index (κ2) is 7.66. The van der Waals surface area contributed by atoms with E-state index in [1.165, 1.54) is 12.3 Å². The van der Waals surface area contributed by atoms with Crippen LogP contribution in [0, 0.1) is 6.92 Å². The standard InChI is InChI=1S/C21H17F3N4O2/c1-13-16(25-7-6-19(13)30-12-21(22,23)24)11-18(29)20-26-15-5-4-14(10-17(15)27-20)28-8-2-3-9-28/h2-10H,11-12H2,1H3,(H,26,27). The van der Waals surface area contributed by atoms with Crippen molar-refractivity contribution >= 4 is 16.8 Å². The Morgan fingerprint density at radius 1 is 1.20 bits per heavy atom. The number of carbonyl (C=O) groups is 1. The Balaban J connectivity index is 1.54. The Labute approximate surface area is 169 Å². The van der Waals surface area contributed by atoms with Crippen LogP contribution in [0.3, 0.4) is 0 Å². The molecule has 0 aliphatic rings. The van der Waals surface area contributed by atoms with Crippen molar-refractivity contribution in [3.8, 4) is 11.4 Å². The van der Waals surface area contributed by atoms with Crippen molar-refractivity contribution in [2.75, 3.05) is 6.61 Å². The summed E-state index contributed by atoms with van der Waals surface area (Å²) < 4.78 is 44.0. The summed E-state index contributed by atoms with van der Waals surface area (Å²) in [7, 11) is 0. The maximum atomic E-state index is 12.7. The first-order chi connectivity index (χ1) is 14.3. The first kappa shape index (κ1) is 19.7. The van der Waals surface area contributed by atoms with Gasteiger partial charge in [-0.1, -0.05) is 0 Å². The van der Waals surface area contributed by atoms with Crippen LogP contribution in [0.15, 0.2) is 55.0 Å². The van der Waals surface area contributed by atoms with Crippen LogP contribution >= 0.6 is 0 Å². The van der Waals surface area contributed by atoms with Crippen molar-refractivity contribution in [2.45, 2.75) is 19.5 Å². The number of aromatic nitrogens is 4. The van der Waals surface area contributed by atoms with Crippen molar-refractivity contribution in [3.63, 3.8) is 0 Å². The maximum absolute atomic E-state index is 12.7. The average Bonchev–Trinajstić information content (AvgIpc) is 3.37. The Hall–Kier alpha value is -3.62. The predicted molar refractivity (Wildman–Crippen MR) is 104 cm³/mol. The summed E-state index contributed by atoms with van der Waals surface area (Å²) >= 11 is 0. The number of aromatic amines is 1. The highest BCUT2D eigenvalue weighted by atomic mass is 19.4. The van der Waals surface area contributed by atoms with Crippen molar-refractivity contribution in [1.82, 2.24) is 19.5 Å². The molecule has 4 aromatic rings. The highest BCUT2D eigenvalue weighted by molar-refractivity contribution is 5.97. The van der Waals surface area contributed by atoms with E-state index in [9.17, 15) is 18.0 Å². The number of ether oxygens (including phenoxy) is 1. The zero-order valence-corrected chi connectivity index (χ0v) is 15.9. The monoisotopic (exact) mass is 414 g/mol. The van der Waals surface area contributed by atoms with Gasteiger partial charge < -0.3 is 14.3 Å². The number of H-pyrrole nitrogens is 1. The third kappa shape index (κ3) is 4.19. The number of hydrogen-bond acceptors (Lipinski definition) is 4. The molecule has 3 heterocycles. The van der Waals surface area contributed by atoms with Gasteiger partial charge >= 0.3 is 6.18 Å². The molecule has 9 heteroatoms. The minimum Gasteiger partial charge on any atom is -0.484 e. The number of ketones is 1. The fourth-order valence-electron chi connectivity index (χ4n) is 3.08. The highest BCUT2D eigenvalue weighted by Crippen LogP contribution is 2.24. The van der Waals surface area contributed by atoms with E-state index in [0.717, 1.165) is 5.69 Å². The normalized spacial score (nSPS) is 11.7. The molecule has 1 N–H and O–H groups in total. The van der Waals surface area contributed by atoms with Crippen LogP contribution < -0.4 is 4.74 Å². The van der Waals surface area contributed by atoms with E-state index in [1.807, 2.05) is 47.3 Å². The summed E-state index contributed by atoms with van der Waals surface area (Å²) in [6, 6.07) is 10.8. The summed E-state index contributed by atoms with van der Waals surface area (Å²) in [5, 5.41) is 0. The molecule has 0 atom stereocenters. The lowest BCUT2D eigenvalue weighted by atomic mass is 10.1. The summed E-state index contributed by atoms with van der Waals surface area (Å²) in [6.07, 6.45) is 0.576. The SMILES string of the molecule is Cc1c(OCC(F)(F)F)ccnc1CC(=O)c1nc2cc(-n3cccc3)ccc2[nH]1. The lowest BCUT2D eigenvalue weighted by Crippen LogP contribution is -2.20. The van der Waals surface area contributed by atoms with E-state index in [2.05, 4.69) is 15.0 Å². The van der Waals surface area contributed by atoms with Crippen LogP contribution in [0.2, 0.25) is 0 Å². The quantitative estimate of drug-likeness (QED) is 0.474. The Morgan fingerprint density at radius 3 is 2.70 bits per heavy atom. The number of nitrogens with zero attached hydrogens (tertiary/aromatic N) is 3. The Morgan fingerprint density at radius 2 is 1.97 bits per heavy atom. The number of rotatable bonds is 6. The molecule has 3 aromatic heterocycles. The molecule has 4 rings (SSSR count). The van der Waals surface area contributed by atoms with E-state index in [-0.39, 0.29) is 23.8 Å². The van der Waals surface area contributed by atoms with Crippen molar-refractivity contribution in [1.29, 1.82) is 0 Å². The zero-order valence-electron chi connectivity index (χ0n) is 15.9. The second-order valence-electron chi connectivity index (χ2n) is 6.76. The van der Waals surface area contributed by atoms with Gasteiger partial charge in [0.05, 0.1) is 23.1 Å². The van der Waals surface area contributed by atoms with E-state index >= 15 is 0 Å². The molecule has 0 aliphatic heterocycles. The van der Waals surface area contributed by atoms with Crippen LogP contribution in [0.5, 0.6) is 5.75 Å². The van der Waals surface area contributed by atoms with Crippen LogP contribution in [-0.4, -0.2) is 38.1 Å². The first-order valence-electron chi connectivity index (χ1n) is 9.10. The topological polar surface area (TPSA) is 72.8 Å². The summed E-state index contributed by atoms with van der Waals surface area (Å²) in [5.41, 5.74) is 2.98. The number of imidazole rings is 1. The number of fused-ring (bicyclic) bond motifs is 1. The van der Waals surface area contributed by atoms with Gasteiger partial charge in [-0.2, -0.15) is 13.2 Å². The molecule has 30 heavy (non-hydrogen) atoms. The molecule has 1 aromatic carbocycles. The maximum Gasteiger partial charge on any atom is 0.422 e. The molecule has 0 aliphatic carbocycles. The molecular weight excluding hydrogens is 397 g/mol. The first-order valence-corrected chi connectivity index (χ1v) is 9.10. The van der Waals surface area contributed by atoms with Gasteiger partial charge in [0.25, 0.3) is 0 Å². The molecule has 0 fully saturated rings. The number of alkyl halides is 3. The fraction of sp³-hybridized carbons (Fsp3) is 0.190. The second-order valence-corrected chi connectivity index (χ2v) is 6.76. The Kier molecular flexibility index (Phi) is 5.03. The van der Waals surface area contributed by atoms with Crippen LogP contribution in [-0.2, 0) is 6.42 Å². The predicted octanol–water partition coefficient (Wildman–Crippen LogP) is 4.42. The number of benzene rings is 1. The van der Waals surface area contributed by atoms with Crippen LogP contribution in [0.1, 0.15) is 21.9 Å². The minimum absolute atomic E-state index is 0.0473. The molecule has 0 saturated heterocycles. The summed E-state index contributed by atoms with van der Waals surface area (Å²) in [5.74, 6) is -0.110. The van der Waals surface area contributed by atoms with Gasteiger partial charge in [-0.25, -0.2) is 4.98 Å². The highest BCUT2D eigenvalue weighted by Gasteiger charge is 2.29. The minimum atomic E-state index is -4.44. The van der Waals surface area contributed by atoms with Crippen molar-refractivity contribution < 1.29 is 22.7 Å². The van der Waals surface area contributed by atoms with Gasteiger partial charge in [0.2, 0.25) is 5.78 Å². The van der Waals surface area contributed by atoms with E-state index < -0.39 is 12.8 Å². The van der Waals surface area contributed by atoms with Gasteiger partial charge in [-0.3, -0.25) is 9.78 Å². The van der Waals surface area contributed by atoms with Gasteiger partial charge in [-0.15, -0.1) is 0 Å². The van der Waals surface area contributed by atoms with E-state index in [0.29, 0.717) is 22.3 Å². The summed E-state index contributed by atoms with van der Waals surface area (Å²) in [4.78, 5) is 24.2. The molecule has 0 unspecified atom stereocenters. The molecule has 0 bridgehead atoms. The summed E-state index contributed by atoms with van der Waals surface area (Å²) in [6.45, 7) is 0.169. The van der Waals surface area contributed by atoms with Gasteiger partial charge in [-0.05, 0) is 43.3 Å². The van der Waals surface area contributed by atoms with Crippen molar-refractivity contribution in [3.05, 3.63) is 72.1 Å². The molecule has 0 saturated carbocycles. The fourth-order valence-corrected chi connectivity index (χ4v) is 3.08. The van der Waals surface area contributed by atoms with Crippen LogP contribution in [0.4, 0.5) is 13.2 Å². The van der Waals surface area contributed by atoms with E-state index in [4.69, 9.17) is 4.74 Å². The van der Waals surface area contributed by atoms with Crippen molar-refractivity contribution in [2.24, 2.45) is 0 Å². The van der Waals surface area contributed by atoms with Gasteiger partial charge in [0.15, 0.2) is 12.4 Å². The number of pyridine rings is 1. The largest absolute Gasteiger partial charge is 0.484 e. The lowest BCUT2D eigenvalue weighted by Gasteiger charge is -2.13. The number of nitrogens with one attached hydrogen (secondary N) is 1. The zero-order chi connectivity index (χ0) is 21.3. The van der Waals surface area contributed by atoms with Gasteiger partial charge in [0.1, 0.15) is 5.75 Å². The average molecular weight is 414 g/mol. The third-order valence-electron chi connectivity index (χ3n) is 4.61. The molecule has 0 radical (unpaired) electrons. The van der Waals surface area contributed by atoms with E-state index in [1.54, 1.807) is 6.92 Å². The molecule has 0 amide bonds. The third-order valence-corrected chi connectivity index (χ3v) is 4.61.